The highest BCUT2D eigenvalue weighted by Gasteiger charge is 2.23. The van der Waals surface area contributed by atoms with Gasteiger partial charge in [-0.1, -0.05) is 0 Å². The van der Waals surface area contributed by atoms with E-state index in [1.165, 1.54) is 0 Å². The quantitative estimate of drug-likeness (QED) is 0.386. The van der Waals surface area contributed by atoms with Gasteiger partial charge in [-0.15, -0.1) is 0 Å². The van der Waals surface area contributed by atoms with Crippen LogP contribution in [0, 0.1) is 0 Å². The minimum atomic E-state index is -0.611. The van der Waals surface area contributed by atoms with Gasteiger partial charge >= 0.3 is 0 Å². The van der Waals surface area contributed by atoms with E-state index in [-0.39, 0.29) is 6.61 Å². The number of hydrogen-bond acceptors (Lipinski definition) is 3. The predicted octanol–water partition coefficient (Wildman–Crippen LogP) is -1.25. The molecule has 0 aromatic carbocycles. The van der Waals surface area contributed by atoms with Crippen LogP contribution in [0.4, 0.5) is 0 Å². The molecule has 0 saturated heterocycles. The standard InChI is InChI=1S/C4H8N2O/c5-4(3-7)1-2-6-4/h1-2,6-7H,3,5H2/t4-/m0/s1. The first kappa shape index (κ1) is 4.61. The molecule has 7 heavy (non-hydrogen) atoms. The fourth-order valence-corrected chi connectivity index (χ4v) is 0.396. The summed E-state index contributed by atoms with van der Waals surface area (Å²) in [6.07, 6.45) is 3.42. The lowest BCUT2D eigenvalue weighted by atomic mass is 10.1. The van der Waals surface area contributed by atoms with Crippen LogP contribution in [0.15, 0.2) is 12.3 Å². The second-order valence-electron chi connectivity index (χ2n) is 1.68. The zero-order valence-electron chi connectivity index (χ0n) is 3.89. The third-order valence-electron chi connectivity index (χ3n) is 0.994. The maximum Gasteiger partial charge on any atom is 0.130 e. The van der Waals surface area contributed by atoms with Crippen LogP contribution in [-0.2, 0) is 0 Å². The zero-order chi connectivity index (χ0) is 5.33. The Bertz CT molecular complexity index is 102. The van der Waals surface area contributed by atoms with Gasteiger partial charge in [0.2, 0.25) is 0 Å². The van der Waals surface area contributed by atoms with Crippen LogP contribution < -0.4 is 11.1 Å². The fourth-order valence-electron chi connectivity index (χ4n) is 0.396. The SMILES string of the molecule is N[C@@]1(CO)C=CN1. The minimum Gasteiger partial charge on any atom is -0.392 e. The van der Waals surface area contributed by atoms with E-state index < -0.39 is 5.66 Å². The highest BCUT2D eigenvalue weighted by Crippen LogP contribution is 2.03. The van der Waals surface area contributed by atoms with Crippen LogP contribution in [0.25, 0.3) is 0 Å². The van der Waals surface area contributed by atoms with Crippen LogP contribution in [-0.4, -0.2) is 17.4 Å². The van der Waals surface area contributed by atoms with Crippen LogP contribution >= 0.6 is 0 Å². The number of hydrogen-bond donors (Lipinski definition) is 3. The molecule has 0 amide bonds. The van der Waals surface area contributed by atoms with Crippen molar-refractivity contribution in [3.63, 3.8) is 0 Å². The number of aliphatic hydroxyl groups excluding tert-OH is 1. The Kier molecular flexibility index (Phi) is 0.800. The van der Waals surface area contributed by atoms with Crippen molar-refractivity contribution in [2.45, 2.75) is 5.66 Å². The van der Waals surface area contributed by atoms with Gasteiger partial charge in [-0.2, -0.15) is 0 Å². The first-order chi connectivity index (χ1) is 3.27. The van der Waals surface area contributed by atoms with Gasteiger partial charge in [-0.05, 0) is 12.3 Å². The first-order valence-electron chi connectivity index (χ1n) is 2.12. The van der Waals surface area contributed by atoms with Gasteiger partial charge in [0.05, 0.1) is 6.61 Å². The van der Waals surface area contributed by atoms with Gasteiger partial charge in [0.1, 0.15) is 5.66 Å². The van der Waals surface area contributed by atoms with Gasteiger partial charge in [0, 0.05) is 0 Å². The van der Waals surface area contributed by atoms with E-state index in [1.54, 1.807) is 12.3 Å². The molecule has 0 saturated carbocycles. The van der Waals surface area contributed by atoms with Crippen molar-refractivity contribution in [2.75, 3.05) is 6.61 Å². The molecule has 1 aliphatic heterocycles. The van der Waals surface area contributed by atoms with E-state index in [1.807, 2.05) is 0 Å². The van der Waals surface area contributed by atoms with Crippen molar-refractivity contribution < 1.29 is 5.11 Å². The van der Waals surface area contributed by atoms with Crippen molar-refractivity contribution >= 4 is 0 Å². The summed E-state index contributed by atoms with van der Waals surface area (Å²) in [7, 11) is 0. The van der Waals surface area contributed by atoms with E-state index in [0.29, 0.717) is 0 Å². The molecule has 1 rings (SSSR count). The van der Waals surface area contributed by atoms with Crippen LogP contribution in [0.2, 0.25) is 0 Å². The Morgan fingerprint density at radius 3 is 2.43 bits per heavy atom. The minimum absolute atomic E-state index is 0.0382. The Labute approximate surface area is 41.8 Å². The normalized spacial score (nSPS) is 36.9. The number of nitrogens with one attached hydrogen (secondary N) is 1. The number of rotatable bonds is 1. The Hall–Kier alpha value is -0.540. The van der Waals surface area contributed by atoms with E-state index in [9.17, 15) is 0 Å². The lowest BCUT2D eigenvalue weighted by Gasteiger charge is -2.30. The predicted molar refractivity (Wildman–Crippen MR) is 26.3 cm³/mol. The first-order valence-corrected chi connectivity index (χ1v) is 2.12. The fraction of sp³-hybridized carbons (Fsp3) is 0.500. The lowest BCUT2D eigenvalue weighted by molar-refractivity contribution is 0.199. The zero-order valence-corrected chi connectivity index (χ0v) is 3.89. The highest BCUT2D eigenvalue weighted by atomic mass is 16.3. The van der Waals surface area contributed by atoms with Crippen molar-refractivity contribution in [3.8, 4) is 0 Å². The highest BCUT2D eigenvalue weighted by molar-refractivity contribution is 5.13. The molecule has 0 fully saturated rings. The van der Waals surface area contributed by atoms with Gasteiger partial charge in [-0.25, -0.2) is 0 Å². The molecule has 3 heteroatoms. The molecule has 3 nitrogen and oxygen atoms in total. The second-order valence-corrected chi connectivity index (χ2v) is 1.68. The van der Waals surface area contributed by atoms with Gasteiger partial charge in [0.15, 0.2) is 0 Å². The summed E-state index contributed by atoms with van der Waals surface area (Å²) in [5.41, 5.74) is 4.74. The summed E-state index contributed by atoms with van der Waals surface area (Å²) in [6.45, 7) is -0.0382. The maximum absolute atomic E-state index is 8.41. The summed E-state index contributed by atoms with van der Waals surface area (Å²) in [5, 5.41) is 11.1. The van der Waals surface area contributed by atoms with Crippen molar-refractivity contribution in [1.29, 1.82) is 0 Å². The average molecular weight is 100 g/mol. The van der Waals surface area contributed by atoms with E-state index in [4.69, 9.17) is 10.8 Å². The number of aliphatic hydroxyl groups is 1. The Morgan fingerprint density at radius 1 is 1.86 bits per heavy atom. The van der Waals surface area contributed by atoms with Crippen molar-refractivity contribution in [3.05, 3.63) is 12.3 Å². The van der Waals surface area contributed by atoms with Crippen molar-refractivity contribution in [2.24, 2.45) is 5.73 Å². The maximum atomic E-state index is 8.41. The molecule has 0 aliphatic carbocycles. The number of nitrogens with two attached hydrogens (primary N) is 1. The molecule has 0 radical (unpaired) electrons. The summed E-state index contributed by atoms with van der Waals surface area (Å²) in [4.78, 5) is 0. The summed E-state index contributed by atoms with van der Waals surface area (Å²) >= 11 is 0. The van der Waals surface area contributed by atoms with E-state index in [2.05, 4.69) is 5.32 Å². The third kappa shape index (κ3) is 0.597. The van der Waals surface area contributed by atoms with Gasteiger partial charge in [-0.3, -0.25) is 0 Å². The van der Waals surface area contributed by atoms with E-state index >= 15 is 0 Å². The molecule has 1 heterocycles. The molecular weight excluding hydrogens is 92.1 g/mol. The molecule has 0 aromatic heterocycles. The molecule has 4 N–H and O–H groups in total. The topological polar surface area (TPSA) is 58.3 Å². The van der Waals surface area contributed by atoms with Crippen molar-refractivity contribution in [1.82, 2.24) is 5.32 Å². The molecule has 0 aromatic rings. The lowest BCUT2D eigenvalue weighted by Crippen LogP contribution is -2.58. The molecule has 40 valence electrons. The Balaban J connectivity index is 2.47. The average Bonchev–Trinajstić information content (AvgIpc) is 1.61. The van der Waals surface area contributed by atoms with Crippen LogP contribution in [0.1, 0.15) is 0 Å². The molecule has 0 unspecified atom stereocenters. The van der Waals surface area contributed by atoms with E-state index in [0.717, 1.165) is 0 Å². The van der Waals surface area contributed by atoms with Gasteiger partial charge in [0.25, 0.3) is 0 Å². The summed E-state index contributed by atoms with van der Waals surface area (Å²) in [6, 6.07) is 0. The second kappa shape index (κ2) is 1.21. The summed E-state index contributed by atoms with van der Waals surface area (Å²) < 4.78 is 0. The Morgan fingerprint density at radius 2 is 2.43 bits per heavy atom. The third-order valence-corrected chi connectivity index (χ3v) is 0.994. The van der Waals surface area contributed by atoms with Crippen LogP contribution in [0.5, 0.6) is 0 Å². The smallest absolute Gasteiger partial charge is 0.130 e. The van der Waals surface area contributed by atoms with Gasteiger partial charge < -0.3 is 16.2 Å². The molecule has 0 spiro atoms. The molecule has 1 atom stereocenters. The van der Waals surface area contributed by atoms with Crippen LogP contribution in [0.3, 0.4) is 0 Å². The molecular formula is C4H8N2O. The molecule has 0 bridgehead atoms. The largest absolute Gasteiger partial charge is 0.392 e. The summed E-state index contributed by atoms with van der Waals surface area (Å²) in [5.74, 6) is 0. The monoisotopic (exact) mass is 100 g/mol. The molecule has 1 aliphatic rings.